The van der Waals surface area contributed by atoms with Crippen molar-refractivity contribution in [3.05, 3.63) is 17.7 Å². The van der Waals surface area contributed by atoms with Gasteiger partial charge in [-0.25, -0.2) is 9.97 Å². The van der Waals surface area contributed by atoms with Crippen molar-refractivity contribution < 1.29 is 0 Å². The smallest absolute Gasteiger partial charge is 0.197 e. The molecule has 0 amide bonds. The molecule has 1 aliphatic carbocycles. The maximum Gasteiger partial charge on any atom is 0.197 e. The monoisotopic (exact) mass is 304 g/mol. The summed E-state index contributed by atoms with van der Waals surface area (Å²) in [6.07, 6.45) is 3.47. The van der Waals surface area contributed by atoms with E-state index in [1.54, 1.807) is 11.8 Å². The molecule has 0 atom stereocenters. The van der Waals surface area contributed by atoms with Gasteiger partial charge in [-0.1, -0.05) is 6.92 Å². The first-order valence-electron chi connectivity index (χ1n) is 7.34. The molecule has 0 spiro atoms. The minimum Gasteiger partial charge on any atom is -0.370 e. The van der Waals surface area contributed by atoms with E-state index in [0.29, 0.717) is 5.92 Å². The van der Waals surface area contributed by atoms with Crippen LogP contribution in [-0.4, -0.2) is 31.3 Å². The van der Waals surface area contributed by atoms with Crippen LogP contribution < -0.4 is 5.32 Å². The average Bonchev–Trinajstić information content (AvgIpc) is 3.28. The molecule has 1 fully saturated rings. The maximum absolute atomic E-state index is 4.68. The Labute approximate surface area is 128 Å². The molecule has 0 unspecified atom stereocenters. The van der Waals surface area contributed by atoms with Gasteiger partial charge >= 0.3 is 0 Å². The lowest BCUT2D eigenvalue weighted by Gasteiger charge is -2.08. The quantitative estimate of drug-likeness (QED) is 0.828. The third-order valence-corrected chi connectivity index (χ3v) is 4.42. The molecule has 0 aliphatic heterocycles. The number of hydrogen-bond donors (Lipinski definition) is 1. The Hall–Kier alpha value is -1.63. The number of anilines is 1. The first kappa shape index (κ1) is 14.3. The molecule has 21 heavy (non-hydrogen) atoms. The Morgan fingerprint density at radius 3 is 2.76 bits per heavy atom. The third kappa shape index (κ3) is 3.34. The van der Waals surface area contributed by atoms with Crippen molar-refractivity contribution in [2.24, 2.45) is 7.05 Å². The molecule has 0 bridgehead atoms. The zero-order valence-corrected chi connectivity index (χ0v) is 13.4. The largest absolute Gasteiger partial charge is 0.370 e. The lowest BCUT2D eigenvalue weighted by molar-refractivity contribution is 0.763. The Kier molecular flexibility index (Phi) is 4.10. The van der Waals surface area contributed by atoms with E-state index in [2.05, 4.69) is 32.4 Å². The fraction of sp³-hybridized carbons (Fsp3) is 0.571. The van der Waals surface area contributed by atoms with Crippen LogP contribution in [0.5, 0.6) is 0 Å². The summed E-state index contributed by atoms with van der Waals surface area (Å²) in [5.41, 5.74) is 0. The highest BCUT2D eigenvalue weighted by molar-refractivity contribution is 7.99. The summed E-state index contributed by atoms with van der Waals surface area (Å²) < 4.78 is 1.97. The number of nitrogens with one attached hydrogen (secondary N) is 1. The van der Waals surface area contributed by atoms with Crippen molar-refractivity contribution in [1.29, 1.82) is 0 Å². The highest BCUT2D eigenvalue weighted by Gasteiger charge is 2.27. The van der Waals surface area contributed by atoms with Crippen molar-refractivity contribution in [3.63, 3.8) is 0 Å². The minimum atomic E-state index is 0.536. The van der Waals surface area contributed by atoms with E-state index in [4.69, 9.17) is 0 Å². The molecule has 1 saturated carbocycles. The molecule has 0 radical (unpaired) electrons. The minimum absolute atomic E-state index is 0.536. The van der Waals surface area contributed by atoms with Gasteiger partial charge in [0.15, 0.2) is 5.16 Å². The van der Waals surface area contributed by atoms with Gasteiger partial charge in [0, 0.05) is 25.6 Å². The first-order chi connectivity index (χ1) is 10.2. The Morgan fingerprint density at radius 1 is 1.33 bits per heavy atom. The number of aromatic nitrogens is 5. The van der Waals surface area contributed by atoms with Gasteiger partial charge < -0.3 is 9.88 Å². The van der Waals surface area contributed by atoms with Crippen molar-refractivity contribution in [1.82, 2.24) is 24.7 Å². The first-order valence-corrected chi connectivity index (χ1v) is 8.15. The van der Waals surface area contributed by atoms with Crippen molar-refractivity contribution in [2.45, 2.75) is 49.2 Å². The summed E-state index contributed by atoms with van der Waals surface area (Å²) in [4.78, 5) is 9.30. The molecule has 2 heterocycles. The van der Waals surface area contributed by atoms with Crippen molar-refractivity contribution >= 4 is 17.6 Å². The highest BCUT2D eigenvalue weighted by atomic mass is 32.2. The van der Waals surface area contributed by atoms with Gasteiger partial charge in [0.1, 0.15) is 22.5 Å². The normalized spacial score (nSPS) is 14.4. The van der Waals surface area contributed by atoms with Crippen LogP contribution in [0.3, 0.4) is 0 Å². The zero-order chi connectivity index (χ0) is 14.8. The Bertz CT molecular complexity index is 634. The SMILES string of the molecule is CCCNc1cc(Sc2nnc(C)n2C)nc(C2CC2)n1. The molecule has 2 aromatic heterocycles. The second-order valence-electron chi connectivity index (χ2n) is 5.34. The lowest BCUT2D eigenvalue weighted by Crippen LogP contribution is -2.05. The zero-order valence-electron chi connectivity index (χ0n) is 12.6. The van der Waals surface area contributed by atoms with Crippen LogP contribution in [0.15, 0.2) is 16.2 Å². The maximum atomic E-state index is 4.68. The standard InChI is InChI=1S/C14H20N6S/c1-4-7-15-11-8-12(17-13(16-11)10-5-6-10)21-14-19-18-9(2)20(14)3/h8,10H,4-7H2,1-3H3,(H,15,16,17). The molecule has 2 aromatic rings. The van der Waals surface area contributed by atoms with Gasteiger partial charge in [0.2, 0.25) is 0 Å². The molecular formula is C14H20N6S. The predicted octanol–water partition coefficient (Wildman–Crippen LogP) is 2.76. The van der Waals surface area contributed by atoms with Crippen LogP contribution in [-0.2, 0) is 7.05 Å². The lowest BCUT2D eigenvalue weighted by atomic mass is 10.4. The van der Waals surface area contributed by atoms with Crippen LogP contribution in [0.1, 0.15) is 43.8 Å². The van der Waals surface area contributed by atoms with E-state index in [-0.39, 0.29) is 0 Å². The fourth-order valence-electron chi connectivity index (χ4n) is 1.93. The van der Waals surface area contributed by atoms with Crippen molar-refractivity contribution in [3.8, 4) is 0 Å². The Morgan fingerprint density at radius 2 is 2.14 bits per heavy atom. The van der Waals surface area contributed by atoms with E-state index in [1.165, 1.54) is 12.8 Å². The number of hydrogen-bond acceptors (Lipinski definition) is 6. The van der Waals surface area contributed by atoms with Crippen LogP contribution in [0.4, 0.5) is 5.82 Å². The summed E-state index contributed by atoms with van der Waals surface area (Å²) >= 11 is 1.54. The summed E-state index contributed by atoms with van der Waals surface area (Å²) in [6.45, 7) is 5.02. The highest BCUT2D eigenvalue weighted by Crippen LogP contribution is 2.39. The van der Waals surface area contributed by atoms with E-state index in [9.17, 15) is 0 Å². The molecule has 1 N–H and O–H groups in total. The van der Waals surface area contributed by atoms with E-state index >= 15 is 0 Å². The number of aryl methyl sites for hydroxylation is 1. The van der Waals surface area contributed by atoms with E-state index < -0.39 is 0 Å². The van der Waals surface area contributed by atoms with Gasteiger partial charge in [0.25, 0.3) is 0 Å². The molecule has 7 heteroatoms. The van der Waals surface area contributed by atoms with Crippen LogP contribution in [0, 0.1) is 6.92 Å². The molecule has 112 valence electrons. The van der Waals surface area contributed by atoms with E-state index in [1.807, 2.05) is 24.6 Å². The van der Waals surface area contributed by atoms with Gasteiger partial charge in [-0.05, 0) is 37.9 Å². The predicted molar refractivity (Wildman–Crippen MR) is 82.7 cm³/mol. The molecular weight excluding hydrogens is 284 g/mol. The molecule has 1 aliphatic rings. The molecule has 3 rings (SSSR count). The topological polar surface area (TPSA) is 68.5 Å². The summed E-state index contributed by atoms with van der Waals surface area (Å²) in [6, 6.07) is 2.00. The van der Waals surface area contributed by atoms with Crippen LogP contribution in [0.2, 0.25) is 0 Å². The molecule has 6 nitrogen and oxygen atoms in total. The number of nitrogens with zero attached hydrogens (tertiary/aromatic N) is 5. The molecule has 0 aromatic carbocycles. The summed E-state index contributed by atoms with van der Waals surface area (Å²) in [7, 11) is 1.97. The second-order valence-corrected chi connectivity index (χ2v) is 6.33. The van der Waals surface area contributed by atoms with Crippen LogP contribution in [0.25, 0.3) is 0 Å². The fourth-order valence-corrected chi connectivity index (χ4v) is 2.78. The molecule has 0 saturated heterocycles. The van der Waals surface area contributed by atoms with Gasteiger partial charge in [0.05, 0.1) is 0 Å². The number of rotatable bonds is 6. The van der Waals surface area contributed by atoms with Crippen molar-refractivity contribution in [2.75, 3.05) is 11.9 Å². The van der Waals surface area contributed by atoms with Gasteiger partial charge in [-0.3, -0.25) is 0 Å². The summed E-state index contributed by atoms with van der Waals surface area (Å²) in [5, 5.41) is 13.4. The van der Waals surface area contributed by atoms with Gasteiger partial charge in [-0.15, -0.1) is 10.2 Å². The second kappa shape index (κ2) is 6.01. The van der Waals surface area contributed by atoms with Crippen LogP contribution >= 0.6 is 11.8 Å². The van der Waals surface area contributed by atoms with E-state index in [0.717, 1.165) is 40.6 Å². The summed E-state index contributed by atoms with van der Waals surface area (Å²) in [5.74, 6) is 3.31. The average molecular weight is 304 g/mol. The Balaban J connectivity index is 1.85. The third-order valence-electron chi connectivity index (χ3n) is 3.47. The van der Waals surface area contributed by atoms with Gasteiger partial charge in [-0.2, -0.15) is 0 Å².